The van der Waals surface area contributed by atoms with Crippen molar-refractivity contribution in [3.8, 4) is 10.6 Å². The predicted octanol–water partition coefficient (Wildman–Crippen LogP) is 4.21. The highest BCUT2D eigenvalue weighted by Crippen LogP contribution is 2.25. The summed E-state index contributed by atoms with van der Waals surface area (Å²) in [5.41, 5.74) is 1.76. The summed E-state index contributed by atoms with van der Waals surface area (Å²) in [5, 5.41) is 8.96. The predicted molar refractivity (Wildman–Crippen MR) is 91.1 cm³/mol. The van der Waals surface area contributed by atoms with E-state index in [1.165, 1.54) is 0 Å². The van der Waals surface area contributed by atoms with Crippen LogP contribution in [0.5, 0.6) is 0 Å². The molecule has 0 spiro atoms. The van der Waals surface area contributed by atoms with Crippen LogP contribution in [0, 0.1) is 0 Å². The van der Waals surface area contributed by atoms with Gasteiger partial charge in [-0.15, -0.1) is 11.3 Å². The minimum absolute atomic E-state index is 0.0133. The molecule has 118 valence electrons. The van der Waals surface area contributed by atoms with Crippen molar-refractivity contribution in [3.63, 3.8) is 0 Å². The molecular weight excluding hydrogens is 308 g/mol. The van der Waals surface area contributed by atoms with E-state index in [2.05, 4.69) is 10.5 Å². The Balaban J connectivity index is 1.62. The number of benzene rings is 1. The summed E-state index contributed by atoms with van der Waals surface area (Å²) >= 11 is 1.60. The molecule has 0 aliphatic heterocycles. The number of rotatable bonds is 6. The second-order valence-corrected chi connectivity index (χ2v) is 6.20. The summed E-state index contributed by atoms with van der Waals surface area (Å²) in [5.74, 6) is 0.610. The number of nitrogens with one attached hydrogen (secondary N) is 1. The van der Waals surface area contributed by atoms with Gasteiger partial charge < -0.3 is 9.84 Å². The smallest absolute Gasteiger partial charge is 0.227 e. The van der Waals surface area contributed by atoms with Crippen LogP contribution in [0.15, 0.2) is 58.4 Å². The molecule has 1 N–H and O–H groups in total. The van der Waals surface area contributed by atoms with Crippen molar-refractivity contribution in [3.05, 3.63) is 65.2 Å². The van der Waals surface area contributed by atoms with Gasteiger partial charge in [0.05, 0.1) is 17.3 Å². The Bertz CT molecular complexity index is 750. The monoisotopic (exact) mass is 326 g/mol. The first-order chi connectivity index (χ1) is 11.3. The van der Waals surface area contributed by atoms with Gasteiger partial charge in [0.1, 0.15) is 5.69 Å². The molecular formula is C18H18N2O2S. The minimum Gasteiger partial charge on any atom is -0.355 e. The molecule has 0 aliphatic rings. The number of carbonyl (C=O) groups is 1. The third-order valence-electron chi connectivity index (χ3n) is 3.69. The van der Waals surface area contributed by atoms with E-state index in [-0.39, 0.29) is 11.8 Å². The maximum Gasteiger partial charge on any atom is 0.227 e. The van der Waals surface area contributed by atoms with Crippen molar-refractivity contribution in [2.45, 2.75) is 25.8 Å². The molecule has 0 fully saturated rings. The second-order valence-electron chi connectivity index (χ2n) is 5.25. The number of amides is 1. The van der Waals surface area contributed by atoms with Gasteiger partial charge >= 0.3 is 0 Å². The van der Waals surface area contributed by atoms with E-state index in [9.17, 15) is 4.79 Å². The third-order valence-corrected chi connectivity index (χ3v) is 4.58. The van der Waals surface area contributed by atoms with Crippen molar-refractivity contribution in [1.29, 1.82) is 0 Å². The van der Waals surface area contributed by atoms with Gasteiger partial charge in [-0.05, 0) is 23.4 Å². The minimum atomic E-state index is -0.139. The quantitative estimate of drug-likeness (QED) is 0.738. The Morgan fingerprint density at radius 3 is 2.78 bits per heavy atom. The largest absolute Gasteiger partial charge is 0.355 e. The zero-order valence-corrected chi connectivity index (χ0v) is 13.7. The van der Waals surface area contributed by atoms with Crippen LogP contribution in [0.25, 0.3) is 10.6 Å². The fourth-order valence-electron chi connectivity index (χ4n) is 2.49. The van der Waals surface area contributed by atoms with Crippen LogP contribution >= 0.6 is 11.3 Å². The lowest BCUT2D eigenvalue weighted by Gasteiger charge is -2.14. The summed E-state index contributed by atoms with van der Waals surface area (Å²) < 4.78 is 5.32. The van der Waals surface area contributed by atoms with Gasteiger partial charge in [-0.1, -0.05) is 48.5 Å². The fourth-order valence-corrected chi connectivity index (χ4v) is 3.16. The molecule has 3 rings (SSSR count). The average molecular weight is 326 g/mol. The summed E-state index contributed by atoms with van der Waals surface area (Å²) in [7, 11) is 0. The molecule has 0 saturated carbocycles. The normalized spacial score (nSPS) is 12.0. The van der Waals surface area contributed by atoms with Gasteiger partial charge in [-0.3, -0.25) is 4.79 Å². The lowest BCUT2D eigenvalue weighted by atomic mass is 9.96. The van der Waals surface area contributed by atoms with Crippen molar-refractivity contribution in [2.75, 3.05) is 0 Å². The molecule has 0 bridgehead atoms. The van der Waals surface area contributed by atoms with Gasteiger partial charge in [0.25, 0.3) is 0 Å². The van der Waals surface area contributed by atoms with E-state index < -0.39 is 0 Å². The van der Waals surface area contributed by atoms with Crippen LogP contribution < -0.4 is 5.32 Å². The topological polar surface area (TPSA) is 55.1 Å². The fraction of sp³-hybridized carbons (Fsp3) is 0.222. The summed E-state index contributed by atoms with van der Waals surface area (Å²) in [4.78, 5) is 13.4. The first kappa shape index (κ1) is 15.5. The molecule has 23 heavy (non-hydrogen) atoms. The van der Waals surface area contributed by atoms with Crippen LogP contribution in [-0.2, 0) is 11.3 Å². The molecule has 1 atom stereocenters. The Morgan fingerprint density at radius 1 is 1.26 bits per heavy atom. The molecule has 0 unspecified atom stereocenters. The number of nitrogens with zero attached hydrogens (tertiary/aromatic N) is 1. The second kappa shape index (κ2) is 7.24. The molecule has 1 amide bonds. The van der Waals surface area contributed by atoms with E-state index in [4.69, 9.17) is 4.52 Å². The number of hydrogen-bond acceptors (Lipinski definition) is 4. The number of hydrogen-bond donors (Lipinski definition) is 1. The van der Waals surface area contributed by atoms with E-state index in [0.717, 1.165) is 28.3 Å². The van der Waals surface area contributed by atoms with Crippen molar-refractivity contribution >= 4 is 17.2 Å². The molecule has 1 aromatic carbocycles. The summed E-state index contributed by atoms with van der Waals surface area (Å²) in [6.07, 6.45) is 0.759. The zero-order valence-electron chi connectivity index (χ0n) is 12.9. The number of carbonyl (C=O) groups excluding carboxylic acids is 1. The van der Waals surface area contributed by atoms with Gasteiger partial charge in [0.15, 0.2) is 5.76 Å². The summed E-state index contributed by atoms with van der Waals surface area (Å²) in [6, 6.07) is 15.7. The van der Waals surface area contributed by atoms with Crippen molar-refractivity contribution in [2.24, 2.45) is 0 Å². The standard InChI is InChI=1S/C18H18N2O2S/c1-2-15(13-7-4-3-5-8-13)18(21)19-12-14-11-16(22-20-14)17-9-6-10-23-17/h3-11,15H,2,12H2,1H3,(H,19,21)/t15-/m1/s1. The Hall–Kier alpha value is -2.40. The van der Waals surface area contributed by atoms with Gasteiger partial charge in [-0.25, -0.2) is 0 Å². The highest BCUT2D eigenvalue weighted by atomic mass is 32.1. The molecule has 4 nitrogen and oxygen atoms in total. The molecule has 3 aromatic rings. The van der Waals surface area contributed by atoms with Crippen LogP contribution in [0.1, 0.15) is 30.5 Å². The Kier molecular flexibility index (Phi) is 4.88. The third kappa shape index (κ3) is 3.68. The molecule has 0 radical (unpaired) electrons. The van der Waals surface area contributed by atoms with Crippen LogP contribution in [0.4, 0.5) is 0 Å². The maximum absolute atomic E-state index is 12.4. The summed E-state index contributed by atoms with van der Waals surface area (Å²) in [6.45, 7) is 2.39. The zero-order chi connectivity index (χ0) is 16.1. The van der Waals surface area contributed by atoms with Gasteiger partial charge in [-0.2, -0.15) is 0 Å². The molecule has 0 aliphatic carbocycles. The van der Waals surface area contributed by atoms with Crippen LogP contribution in [-0.4, -0.2) is 11.1 Å². The lowest BCUT2D eigenvalue weighted by Crippen LogP contribution is -2.28. The average Bonchev–Trinajstić information content (AvgIpc) is 3.26. The first-order valence-corrected chi connectivity index (χ1v) is 8.48. The van der Waals surface area contributed by atoms with Gasteiger partial charge in [0, 0.05) is 6.07 Å². The maximum atomic E-state index is 12.4. The molecule has 0 saturated heterocycles. The van der Waals surface area contributed by atoms with E-state index in [0.29, 0.717) is 6.54 Å². The highest BCUT2D eigenvalue weighted by molar-refractivity contribution is 7.13. The number of aromatic nitrogens is 1. The Labute approximate surface area is 139 Å². The first-order valence-electron chi connectivity index (χ1n) is 7.60. The molecule has 2 heterocycles. The van der Waals surface area contributed by atoms with Crippen molar-refractivity contribution in [1.82, 2.24) is 10.5 Å². The SMILES string of the molecule is CC[C@@H](C(=O)NCc1cc(-c2cccs2)on1)c1ccccc1. The van der Waals surface area contributed by atoms with Crippen molar-refractivity contribution < 1.29 is 9.32 Å². The highest BCUT2D eigenvalue weighted by Gasteiger charge is 2.18. The van der Waals surface area contributed by atoms with E-state index in [1.807, 2.05) is 60.8 Å². The van der Waals surface area contributed by atoms with Gasteiger partial charge in [0.2, 0.25) is 5.91 Å². The van der Waals surface area contributed by atoms with E-state index >= 15 is 0 Å². The van der Waals surface area contributed by atoms with Crippen LogP contribution in [0.2, 0.25) is 0 Å². The molecule has 2 aromatic heterocycles. The molecule has 5 heteroatoms. The lowest BCUT2D eigenvalue weighted by molar-refractivity contribution is -0.122. The number of thiophene rings is 1. The van der Waals surface area contributed by atoms with E-state index in [1.54, 1.807) is 11.3 Å². The van der Waals surface area contributed by atoms with Crippen LogP contribution in [0.3, 0.4) is 0 Å². The Morgan fingerprint density at radius 2 is 2.09 bits per heavy atom.